The molecule has 3 heterocycles. The second-order valence-corrected chi connectivity index (χ2v) is 14.1. The standard InChI is InChI=1S/C51H32N4O/c1-3-12-33(13-4-1)39-26-28-43-44-29-27-40(32-48(44)56-47(43)31-39)38-17-11-16-37(30-38)34-22-24-36(25-23-34)50-52-49(35-14-5-2-6-15-35)53-51(54-50)55-45-20-9-7-18-41(45)42-19-8-10-21-46(42)55/h1-32H. The lowest BCUT2D eigenvalue weighted by Crippen LogP contribution is -2.06. The third-order valence-electron chi connectivity index (χ3n) is 10.7. The number of aromatic nitrogens is 4. The van der Waals surface area contributed by atoms with Crippen molar-refractivity contribution in [1.82, 2.24) is 19.5 Å². The Kier molecular flexibility index (Phi) is 7.42. The molecule has 262 valence electrons. The van der Waals surface area contributed by atoms with Gasteiger partial charge in [0.2, 0.25) is 5.95 Å². The summed E-state index contributed by atoms with van der Waals surface area (Å²) in [5.41, 5.74) is 12.5. The van der Waals surface area contributed by atoms with Crippen LogP contribution in [0.1, 0.15) is 0 Å². The van der Waals surface area contributed by atoms with Gasteiger partial charge in [-0.05, 0) is 75.8 Å². The first-order chi connectivity index (χ1) is 27.7. The number of fused-ring (bicyclic) bond motifs is 6. The number of benzene rings is 8. The minimum Gasteiger partial charge on any atom is -0.456 e. The number of hydrogen-bond acceptors (Lipinski definition) is 4. The second-order valence-electron chi connectivity index (χ2n) is 14.1. The van der Waals surface area contributed by atoms with Gasteiger partial charge >= 0.3 is 0 Å². The Labute approximate surface area is 322 Å². The van der Waals surface area contributed by atoms with E-state index >= 15 is 0 Å². The van der Waals surface area contributed by atoms with Crippen molar-refractivity contribution in [1.29, 1.82) is 0 Å². The lowest BCUT2D eigenvalue weighted by molar-refractivity contribution is 0.669. The molecule has 5 nitrogen and oxygen atoms in total. The monoisotopic (exact) mass is 716 g/mol. The molecule has 5 heteroatoms. The van der Waals surface area contributed by atoms with Gasteiger partial charge in [0, 0.05) is 32.7 Å². The smallest absolute Gasteiger partial charge is 0.238 e. The number of furan rings is 1. The van der Waals surface area contributed by atoms with Crippen LogP contribution in [0, 0.1) is 0 Å². The fourth-order valence-electron chi connectivity index (χ4n) is 7.91. The van der Waals surface area contributed by atoms with Gasteiger partial charge in [-0.2, -0.15) is 9.97 Å². The molecule has 0 aliphatic carbocycles. The van der Waals surface area contributed by atoms with Crippen molar-refractivity contribution < 1.29 is 4.42 Å². The molecule has 0 saturated heterocycles. The largest absolute Gasteiger partial charge is 0.456 e. The van der Waals surface area contributed by atoms with Crippen LogP contribution in [-0.4, -0.2) is 19.5 Å². The maximum Gasteiger partial charge on any atom is 0.238 e. The minimum absolute atomic E-state index is 0.584. The highest BCUT2D eigenvalue weighted by Crippen LogP contribution is 2.36. The Morgan fingerprint density at radius 2 is 0.714 bits per heavy atom. The second kappa shape index (κ2) is 13.0. The molecule has 56 heavy (non-hydrogen) atoms. The molecule has 0 atom stereocenters. The van der Waals surface area contributed by atoms with E-state index < -0.39 is 0 Å². The van der Waals surface area contributed by atoms with Gasteiger partial charge < -0.3 is 4.42 Å². The zero-order valence-electron chi connectivity index (χ0n) is 30.2. The van der Waals surface area contributed by atoms with Crippen molar-refractivity contribution in [3.05, 3.63) is 194 Å². The average molecular weight is 717 g/mol. The predicted octanol–water partition coefficient (Wildman–Crippen LogP) is 13.2. The Morgan fingerprint density at radius 1 is 0.304 bits per heavy atom. The molecule has 11 aromatic rings. The van der Waals surface area contributed by atoms with Crippen LogP contribution >= 0.6 is 0 Å². The SMILES string of the molecule is c1ccc(-c2ccc3c(c2)oc2cc(-c4cccc(-c5ccc(-c6nc(-c7ccccc7)nc(-n7c8ccccc8c8ccccc87)n6)cc5)c4)ccc23)cc1. The highest BCUT2D eigenvalue weighted by atomic mass is 16.3. The summed E-state index contributed by atoms with van der Waals surface area (Å²) in [5, 5.41) is 4.56. The Morgan fingerprint density at radius 3 is 1.32 bits per heavy atom. The molecule has 0 N–H and O–H groups in total. The van der Waals surface area contributed by atoms with Gasteiger partial charge in [0.15, 0.2) is 11.6 Å². The molecule has 0 amide bonds. The summed E-state index contributed by atoms with van der Waals surface area (Å²) in [6.07, 6.45) is 0. The predicted molar refractivity (Wildman–Crippen MR) is 229 cm³/mol. The lowest BCUT2D eigenvalue weighted by Gasteiger charge is -2.11. The zero-order valence-corrected chi connectivity index (χ0v) is 30.2. The molecule has 0 aliphatic heterocycles. The van der Waals surface area contributed by atoms with Crippen LogP contribution in [0.3, 0.4) is 0 Å². The van der Waals surface area contributed by atoms with E-state index in [4.69, 9.17) is 19.4 Å². The van der Waals surface area contributed by atoms with Crippen LogP contribution in [0.4, 0.5) is 0 Å². The Hall–Kier alpha value is -7.63. The van der Waals surface area contributed by atoms with Crippen LogP contribution in [0.5, 0.6) is 0 Å². The van der Waals surface area contributed by atoms with Gasteiger partial charge in [-0.15, -0.1) is 0 Å². The van der Waals surface area contributed by atoms with Crippen molar-refractivity contribution in [2.24, 2.45) is 0 Å². The van der Waals surface area contributed by atoms with E-state index in [0.717, 1.165) is 82.7 Å². The summed E-state index contributed by atoms with van der Waals surface area (Å²) in [7, 11) is 0. The van der Waals surface area contributed by atoms with Crippen LogP contribution in [0.15, 0.2) is 199 Å². The molecule has 0 fully saturated rings. The molecule has 0 radical (unpaired) electrons. The van der Waals surface area contributed by atoms with Gasteiger partial charge in [-0.3, -0.25) is 4.57 Å². The van der Waals surface area contributed by atoms with E-state index in [-0.39, 0.29) is 0 Å². The first-order valence-electron chi connectivity index (χ1n) is 18.8. The van der Waals surface area contributed by atoms with Crippen LogP contribution in [0.25, 0.3) is 106 Å². The van der Waals surface area contributed by atoms with Gasteiger partial charge in [0.1, 0.15) is 11.2 Å². The van der Waals surface area contributed by atoms with E-state index in [1.807, 2.05) is 36.4 Å². The van der Waals surface area contributed by atoms with Crippen molar-refractivity contribution in [3.8, 4) is 62.1 Å². The van der Waals surface area contributed by atoms with Crippen molar-refractivity contribution >= 4 is 43.7 Å². The van der Waals surface area contributed by atoms with Crippen LogP contribution in [-0.2, 0) is 0 Å². The maximum atomic E-state index is 6.44. The highest BCUT2D eigenvalue weighted by molar-refractivity contribution is 6.09. The van der Waals surface area contributed by atoms with E-state index in [0.29, 0.717) is 17.6 Å². The van der Waals surface area contributed by atoms with Crippen molar-refractivity contribution in [3.63, 3.8) is 0 Å². The first-order valence-corrected chi connectivity index (χ1v) is 18.8. The molecule has 0 aliphatic rings. The van der Waals surface area contributed by atoms with Crippen LogP contribution in [0.2, 0.25) is 0 Å². The molecule has 0 spiro atoms. The number of rotatable bonds is 6. The molecule has 8 aromatic carbocycles. The molecule has 11 rings (SSSR count). The third kappa shape index (κ3) is 5.45. The summed E-state index contributed by atoms with van der Waals surface area (Å²) < 4.78 is 8.59. The molecule has 3 aromatic heterocycles. The summed E-state index contributed by atoms with van der Waals surface area (Å²) in [6.45, 7) is 0. The minimum atomic E-state index is 0.584. The molecule has 0 bridgehead atoms. The van der Waals surface area contributed by atoms with E-state index in [2.05, 4.69) is 162 Å². The normalized spacial score (nSPS) is 11.6. The summed E-state index contributed by atoms with van der Waals surface area (Å²) in [4.78, 5) is 15.2. The van der Waals surface area contributed by atoms with Crippen molar-refractivity contribution in [2.45, 2.75) is 0 Å². The van der Waals surface area contributed by atoms with E-state index in [1.165, 1.54) is 5.56 Å². The quantitative estimate of drug-likeness (QED) is 0.172. The average Bonchev–Trinajstić information content (AvgIpc) is 3.82. The summed E-state index contributed by atoms with van der Waals surface area (Å²) >= 11 is 0. The number of hydrogen-bond donors (Lipinski definition) is 0. The molecule has 0 saturated carbocycles. The number of nitrogens with zero attached hydrogens (tertiary/aromatic N) is 4. The summed E-state index contributed by atoms with van der Waals surface area (Å²) in [5.74, 6) is 1.83. The Bertz CT molecular complexity index is 3180. The molecular formula is C51H32N4O. The Balaban J connectivity index is 0.952. The maximum absolute atomic E-state index is 6.44. The lowest BCUT2D eigenvalue weighted by atomic mass is 9.97. The highest BCUT2D eigenvalue weighted by Gasteiger charge is 2.18. The van der Waals surface area contributed by atoms with Crippen molar-refractivity contribution in [2.75, 3.05) is 0 Å². The molecular weight excluding hydrogens is 685 g/mol. The number of para-hydroxylation sites is 2. The van der Waals surface area contributed by atoms with E-state index in [9.17, 15) is 0 Å². The van der Waals surface area contributed by atoms with Gasteiger partial charge in [-0.1, -0.05) is 152 Å². The summed E-state index contributed by atoms with van der Waals surface area (Å²) in [6, 6.07) is 67.5. The fraction of sp³-hybridized carbons (Fsp3) is 0. The molecule has 0 unspecified atom stereocenters. The van der Waals surface area contributed by atoms with E-state index in [1.54, 1.807) is 0 Å². The topological polar surface area (TPSA) is 56.7 Å². The van der Waals surface area contributed by atoms with Crippen LogP contribution < -0.4 is 0 Å². The van der Waals surface area contributed by atoms with Gasteiger partial charge in [0.05, 0.1) is 11.0 Å². The zero-order chi connectivity index (χ0) is 37.0. The first kappa shape index (κ1) is 31.9. The van der Waals surface area contributed by atoms with Gasteiger partial charge in [0.25, 0.3) is 0 Å². The fourth-order valence-corrected chi connectivity index (χ4v) is 7.91. The van der Waals surface area contributed by atoms with Gasteiger partial charge in [-0.25, -0.2) is 4.98 Å². The third-order valence-corrected chi connectivity index (χ3v) is 10.7.